The van der Waals surface area contributed by atoms with E-state index in [9.17, 15) is 0 Å². The van der Waals surface area contributed by atoms with Gasteiger partial charge in [0.2, 0.25) is 5.95 Å². The fourth-order valence-corrected chi connectivity index (χ4v) is 4.67. The molecule has 4 aliphatic rings. The van der Waals surface area contributed by atoms with Crippen molar-refractivity contribution in [3.63, 3.8) is 0 Å². The lowest BCUT2D eigenvalue weighted by molar-refractivity contribution is 0.0577. The zero-order chi connectivity index (χ0) is 13.0. The fraction of sp³-hybridized carbons (Fsp3) is 0.714. The van der Waals surface area contributed by atoms with Crippen LogP contribution in [0.2, 0.25) is 0 Å². The molecule has 0 spiro atoms. The van der Waals surface area contributed by atoms with Crippen molar-refractivity contribution in [2.24, 2.45) is 23.7 Å². The minimum Gasteiger partial charge on any atom is -0.383 e. The SMILES string of the molecule is Nc1cc(N2C[C@@H]3C4CCC(CC4)[C@@H]3C2)nc(N)n1. The first-order chi connectivity index (χ1) is 9.20. The van der Waals surface area contributed by atoms with Crippen LogP contribution < -0.4 is 16.4 Å². The Morgan fingerprint density at radius 3 is 2.05 bits per heavy atom. The molecule has 2 bridgehead atoms. The monoisotopic (exact) mass is 259 g/mol. The van der Waals surface area contributed by atoms with Gasteiger partial charge in [-0.25, -0.2) is 0 Å². The summed E-state index contributed by atoms with van der Waals surface area (Å²) in [5.74, 6) is 5.29. The molecule has 1 aromatic rings. The first-order valence-electron chi connectivity index (χ1n) is 7.35. The van der Waals surface area contributed by atoms with Gasteiger partial charge in [0, 0.05) is 19.2 Å². The molecule has 5 heteroatoms. The summed E-state index contributed by atoms with van der Waals surface area (Å²) in [7, 11) is 0. The summed E-state index contributed by atoms with van der Waals surface area (Å²) in [5, 5.41) is 0. The number of rotatable bonds is 1. The second-order valence-electron chi connectivity index (χ2n) is 6.42. The zero-order valence-corrected chi connectivity index (χ0v) is 11.1. The van der Waals surface area contributed by atoms with E-state index in [-0.39, 0.29) is 5.95 Å². The summed E-state index contributed by atoms with van der Waals surface area (Å²) in [5.41, 5.74) is 11.5. The highest BCUT2D eigenvalue weighted by Crippen LogP contribution is 2.52. The highest BCUT2D eigenvalue weighted by molar-refractivity contribution is 5.51. The summed E-state index contributed by atoms with van der Waals surface area (Å²) < 4.78 is 0. The van der Waals surface area contributed by atoms with Gasteiger partial charge in [0.25, 0.3) is 0 Å². The molecule has 0 radical (unpaired) electrons. The number of fused-ring (bicyclic) bond motifs is 2. The van der Waals surface area contributed by atoms with Crippen LogP contribution in [0.25, 0.3) is 0 Å². The van der Waals surface area contributed by atoms with E-state index in [0.29, 0.717) is 5.82 Å². The number of hydrogen-bond acceptors (Lipinski definition) is 5. The van der Waals surface area contributed by atoms with Crippen molar-refractivity contribution in [3.05, 3.63) is 6.07 Å². The van der Waals surface area contributed by atoms with Gasteiger partial charge < -0.3 is 16.4 Å². The molecule has 5 rings (SSSR count). The van der Waals surface area contributed by atoms with E-state index >= 15 is 0 Å². The van der Waals surface area contributed by atoms with Gasteiger partial charge in [0.1, 0.15) is 11.6 Å². The van der Waals surface area contributed by atoms with Crippen LogP contribution in [-0.4, -0.2) is 23.1 Å². The van der Waals surface area contributed by atoms with Crippen molar-refractivity contribution < 1.29 is 0 Å². The molecule has 5 nitrogen and oxygen atoms in total. The summed E-state index contributed by atoms with van der Waals surface area (Å²) in [6.07, 6.45) is 5.75. The summed E-state index contributed by atoms with van der Waals surface area (Å²) >= 11 is 0. The second-order valence-corrected chi connectivity index (χ2v) is 6.42. The summed E-state index contributed by atoms with van der Waals surface area (Å²) in [6.45, 7) is 2.25. The molecule has 4 fully saturated rings. The van der Waals surface area contributed by atoms with E-state index in [0.717, 1.165) is 42.6 Å². The van der Waals surface area contributed by atoms with Gasteiger partial charge in [-0.15, -0.1) is 0 Å². The lowest BCUT2D eigenvalue weighted by atomic mass is 9.60. The molecule has 2 atom stereocenters. The van der Waals surface area contributed by atoms with Gasteiger partial charge >= 0.3 is 0 Å². The van der Waals surface area contributed by atoms with Crippen LogP contribution in [0.15, 0.2) is 6.07 Å². The molecule has 4 N–H and O–H groups in total. The van der Waals surface area contributed by atoms with Gasteiger partial charge in [0.05, 0.1) is 0 Å². The maximum absolute atomic E-state index is 5.78. The Bertz CT molecular complexity index is 454. The molecule has 102 valence electrons. The van der Waals surface area contributed by atoms with Crippen LogP contribution in [-0.2, 0) is 0 Å². The fourth-order valence-electron chi connectivity index (χ4n) is 4.67. The Morgan fingerprint density at radius 1 is 0.947 bits per heavy atom. The molecule has 0 unspecified atom stereocenters. The number of nitrogens with two attached hydrogens (primary N) is 2. The highest BCUT2D eigenvalue weighted by atomic mass is 15.2. The highest BCUT2D eigenvalue weighted by Gasteiger charge is 2.48. The van der Waals surface area contributed by atoms with Crippen LogP contribution in [0.4, 0.5) is 17.6 Å². The zero-order valence-electron chi connectivity index (χ0n) is 11.1. The molecular weight excluding hydrogens is 238 g/mol. The molecule has 0 aromatic carbocycles. The van der Waals surface area contributed by atoms with Gasteiger partial charge in [-0.05, 0) is 49.4 Å². The van der Waals surface area contributed by atoms with Crippen molar-refractivity contribution >= 4 is 17.6 Å². The Balaban J connectivity index is 1.61. The summed E-state index contributed by atoms with van der Waals surface area (Å²) in [6, 6.07) is 1.86. The third-order valence-electron chi connectivity index (χ3n) is 5.51. The number of nitrogen functional groups attached to an aromatic ring is 2. The minimum atomic E-state index is 0.285. The largest absolute Gasteiger partial charge is 0.383 e. The second kappa shape index (κ2) is 3.99. The van der Waals surface area contributed by atoms with Crippen molar-refractivity contribution in [2.45, 2.75) is 25.7 Å². The average molecular weight is 259 g/mol. The van der Waals surface area contributed by atoms with Crippen molar-refractivity contribution in [1.29, 1.82) is 0 Å². The van der Waals surface area contributed by atoms with Crippen LogP contribution >= 0.6 is 0 Å². The van der Waals surface area contributed by atoms with E-state index in [1.165, 1.54) is 25.7 Å². The molecule has 1 aromatic heterocycles. The molecule has 0 amide bonds. The van der Waals surface area contributed by atoms with Crippen molar-refractivity contribution in [3.8, 4) is 0 Å². The quantitative estimate of drug-likeness (QED) is 0.799. The van der Waals surface area contributed by atoms with Gasteiger partial charge in [-0.3, -0.25) is 0 Å². The van der Waals surface area contributed by atoms with Gasteiger partial charge in [-0.2, -0.15) is 9.97 Å². The summed E-state index contributed by atoms with van der Waals surface area (Å²) in [4.78, 5) is 10.7. The van der Waals surface area contributed by atoms with E-state index in [4.69, 9.17) is 11.5 Å². The Kier molecular flexibility index (Phi) is 2.37. The predicted octanol–water partition coefficient (Wildman–Crippen LogP) is 1.51. The van der Waals surface area contributed by atoms with Gasteiger partial charge in [0.15, 0.2) is 0 Å². The van der Waals surface area contributed by atoms with E-state index in [2.05, 4.69) is 14.9 Å². The van der Waals surface area contributed by atoms with Crippen LogP contribution in [0.1, 0.15) is 25.7 Å². The number of nitrogens with zero attached hydrogens (tertiary/aromatic N) is 3. The van der Waals surface area contributed by atoms with Crippen LogP contribution in [0, 0.1) is 23.7 Å². The van der Waals surface area contributed by atoms with E-state index in [1.807, 2.05) is 6.07 Å². The molecule has 1 saturated heterocycles. The van der Waals surface area contributed by atoms with E-state index in [1.54, 1.807) is 0 Å². The van der Waals surface area contributed by atoms with Crippen molar-refractivity contribution in [2.75, 3.05) is 29.5 Å². The normalized spacial score (nSPS) is 36.5. The maximum Gasteiger partial charge on any atom is 0.223 e. The van der Waals surface area contributed by atoms with Gasteiger partial charge in [-0.1, -0.05) is 0 Å². The average Bonchev–Trinajstić information content (AvgIpc) is 2.85. The number of anilines is 3. The predicted molar refractivity (Wildman–Crippen MR) is 75.5 cm³/mol. The number of aromatic nitrogens is 2. The topological polar surface area (TPSA) is 81.1 Å². The maximum atomic E-state index is 5.78. The van der Waals surface area contributed by atoms with E-state index < -0.39 is 0 Å². The lowest BCUT2D eigenvalue weighted by Gasteiger charge is -2.44. The molecular formula is C14H21N5. The molecule has 1 aliphatic heterocycles. The van der Waals surface area contributed by atoms with Crippen LogP contribution in [0.3, 0.4) is 0 Å². The Morgan fingerprint density at radius 2 is 1.53 bits per heavy atom. The smallest absolute Gasteiger partial charge is 0.223 e. The van der Waals surface area contributed by atoms with Crippen LogP contribution in [0.5, 0.6) is 0 Å². The number of hydrogen-bond donors (Lipinski definition) is 2. The first kappa shape index (κ1) is 11.3. The molecule has 2 heterocycles. The molecule has 19 heavy (non-hydrogen) atoms. The third kappa shape index (κ3) is 1.75. The lowest BCUT2D eigenvalue weighted by Crippen LogP contribution is -2.38. The first-order valence-corrected chi connectivity index (χ1v) is 7.35. The van der Waals surface area contributed by atoms with Crippen molar-refractivity contribution in [1.82, 2.24) is 9.97 Å². The Hall–Kier alpha value is -1.52. The molecule has 3 saturated carbocycles. The molecule has 3 aliphatic carbocycles. The minimum absolute atomic E-state index is 0.285. The standard InChI is InChI=1S/C14H21N5/c15-12-5-13(18-14(16)17-12)19-6-10-8-1-2-9(4-3-8)11(10)7-19/h5,8-11H,1-4,6-7H2,(H4,15,16,17,18)/t8?,9?,10-,11+. The third-order valence-corrected chi connectivity index (χ3v) is 5.51. The Labute approximate surface area is 113 Å².